The summed E-state index contributed by atoms with van der Waals surface area (Å²) in [5, 5.41) is 10.7. The Labute approximate surface area is 78.1 Å². The van der Waals surface area contributed by atoms with Crippen molar-refractivity contribution >= 4 is 29.1 Å². The van der Waals surface area contributed by atoms with E-state index in [4.69, 9.17) is 11.6 Å². The Balaban J connectivity index is 3.00. The van der Waals surface area contributed by atoms with E-state index in [1.54, 1.807) is 6.07 Å². The summed E-state index contributed by atoms with van der Waals surface area (Å²) in [7, 11) is 0. The van der Waals surface area contributed by atoms with Gasteiger partial charge in [0.25, 0.3) is 0 Å². The first-order chi connectivity index (χ1) is 5.75. The lowest BCUT2D eigenvalue weighted by Gasteiger charge is -1.97. The van der Waals surface area contributed by atoms with Gasteiger partial charge in [-0.25, -0.2) is 0 Å². The molecule has 1 aromatic heterocycles. The number of thioether (sulfide) groups is 1. The maximum atomic E-state index is 10.4. The quantitative estimate of drug-likeness (QED) is 0.328. The summed E-state index contributed by atoms with van der Waals surface area (Å²) in [4.78, 5) is 14.1. The molecular formula is C6H5ClN2O2S. The second-order valence-corrected chi connectivity index (χ2v) is 3.46. The fraction of sp³-hybridized carbons (Fsp3) is 0.167. The van der Waals surface area contributed by atoms with E-state index >= 15 is 0 Å². The zero-order valence-electron chi connectivity index (χ0n) is 5.94. The molecule has 4 nitrogen and oxygen atoms in total. The second-order valence-electron chi connectivity index (χ2n) is 1.85. The predicted octanol–water partition coefficient (Wildman–Crippen LogP) is 2.28. The molecule has 64 valence electrons. The number of hydrogen-bond acceptors (Lipinski definition) is 4. The van der Waals surface area contributed by atoms with Gasteiger partial charge in [-0.1, -0.05) is 0 Å². The largest absolute Gasteiger partial charge is 0.301 e. The molecule has 0 N–H and O–H groups in total. The molecule has 6 heteroatoms. The standard InChI is InChI=1S/C6H5ClN2O2S/c7-4-12-6-1-2-8-3-5(6)9(10)11/h1-3H,4H2. The highest BCUT2D eigenvalue weighted by atomic mass is 35.5. The predicted molar refractivity (Wildman–Crippen MR) is 47.5 cm³/mol. The summed E-state index contributed by atoms with van der Waals surface area (Å²) in [6.45, 7) is 0. The number of aromatic nitrogens is 1. The minimum atomic E-state index is -0.470. The molecular weight excluding hydrogens is 200 g/mol. The van der Waals surface area contributed by atoms with E-state index in [1.807, 2.05) is 0 Å². The summed E-state index contributed by atoms with van der Waals surface area (Å²) in [6.07, 6.45) is 2.72. The number of hydrogen-bond donors (Lipinski definition) is 0. The van der Waals surface area contributed by atoms with Gasteiger partial charge in [0, 0.05) is 6.20 Å². The van der Waals surface area contributed by atoms with E-state index in [-0.39, 0.29) is 5.69 Å². The molecule has 0 radical (unpaired) electrons. The van der Waals surface area contributed by atoms with E-state index in [0.717, 1.165) is 0 Å². The Morgan fingerprint density at radius 3 is 3.08 bits per heavy atom. The van der Waals surface area contributed by atoms with Crippen LogP contribution in [0.2, 0.25) is 0 Å². The van der Waals surface area contributed by atoms with Gasteiger partial charge in [0.05, 0.1) is 15.0 Å². The normalized spacial score (nSPS) is 9.75. The molecule has 1 aromatic rings. The van der Waals surface area contributed by atoms with Crippen LogP contribution in [0.3, 0.4) is 0 Å². The molecule has 0 aliphatic carbocycles. The number of nitro groups is 1. The van der Waals surface area contributed by atoms with Crippen molar-refractivity contribution in [3.8, 4) is 0 Å². The van der Waals surface area contributed by atoms with E-state index in [9.17, 15) is 10.1 Å². The molecule has 0 aliphatic rings. The summed E-state index contributed by atoms with van der Waals surface area (Å²) >= 11 is 6.65. The SMILES string of the molecule is O=[N+]([O-])c1cnccc1SCCl. The van der Waals surface area contributed by atoms with E-state index in [0.29, 0.717) is 10.1 Å². The highest BCUT2D eigenvalue weighted by molar-refractivity contribution is 8.00. The number of halogens is 1. The minimum absolute atomic E-state index is 0.00292. The smallest absolute Gasteiger partial charge is 0.258 e. The van der Waals surface area contributed by atoms with Crippen LogP contribution >= 0.6 is 23.4 Å². The van der Waals surface area contributed by atoms with Gasteiger partial charge >= 0.3 is 5.69 Å². The first-order valence-corrected chi connectivity index (χ1v) is 4.55. The highest BCUT2D eigenvalue weighted by Crippen LogP contribution is 2.27. The molecule has 0 bridgehead atoms. The van der Waals surface area contributed by atoms with Gasteiger partial charge in [0.1, 0.15) is 6.20 Å². The first kappa shape index (κ1) is 9.28. The second kappa shape index (κ2) is 4.27. The molecule has 12 heavy (non-hydrogen) atoms. The van der Waals surface area contributed by atoms with Crippen LogP contribution in [0.5, 0.6) is 0 Å². The Bertz CT molecular complexity index is 295. The zero-order chi connectivity index (χ0) is 8.97. The molecule has 0 fully saturated rings. The van der Waals surface area contributed by atoms with Gasteiger partial charge in [-0.05, 0) is 6.07 Å². The van der Waals surface area contributed by atoms with Crippen molar-refractivity contribution in [1.82, 2.24) is 4.98 Å². The minimum Gasteiger partial charge on any atom is -0.258 e. The van der Waals surface area contributed by atoms with Gasteiger partial charge in [-0.3, -0.25) is 15.1 Å². The fourth-order valence-corrected chi connectivity index (χ4v) is 1.59. The third kappa shape index (κ3) is 2.09. The van der Waals surface area contributed by atoms with Crippen LogP contribution in [0.4, 0.5) is 5.69 Å². The summed E-state index contributed by atoms with van der Waals surface area (Å²) in [5.74, 6) is 0. The number of nitrogens with zero attached hydrogens (tertiary/aromatic N) is 2. The zero-order valence-corrected chi connectivity index (χ0v) is 7.51. The fourth-order valence-electron chi connectivity index (χ4n) is 0.691. The average molecular weight is 205 g/mol. The molecule has 0 unspecified atom stereocenters. The first-order valence-electron chi connectivity index (χ1n) is 3.03. The molecule has 0 saturated carbocycles. The van der Waals surface area contributed by atoms with Gasteiger partial charge in [0.15, 0.2) is 0 Å². The van der Waals surface area contributed by atoms with Crippen molar-refractivity contribution in [2.24, 2.45) is 0 Å². The molecule has 0 aliphatic heterocycles. The van der Waals surface area contributed by atoms with Crippen molar-refractivity contribution in [2.45, 2.75) is 4.90 Å². The van der Waals surface area contributed by atoms with Crippen LogP contribution in [-0.4, -0.2) is 15.1 Å². The third-order valence-electron chi connectivity index (χ3n) is 1.17. The Kier molecular flexibility index (Phi) is 3.31. The van der Waals surface area contributed by atoms with Crippen molar-refractivity contribution in [3.63, 3.8) is 0 Å². The van der Waals surface area contributed by atoms with Crippen LogP contribution in [0, 0.1) is 10.1 Å². The van der Waals surface area contributed by atoms with E-state index in [1.165, 1.54) is 24.2 Å². The summed E-state index contributed by atoms with van der Waals surface area (Å²) in [5.41, 5.74) is 0.00292. The molecule has 1 rings (SSSR count). The van der Waals surface area contributed by atoms with Crippen molar-refractivity contribution in [1.29, 1.82) is 0 Å². The van der Waals surface area contributed by atoms with Crippen LogP contribution in [0.25, 0.3) is 0 Å². The Hall–Kier alpha value is -0.810. The van der Waals surface area contributed by atoms with E-state index < -0.39 is 4.92 Å². The lowest BCUT2D eigenvalue weighted by Crippen LogP contribution is -1.91. The van der Waals surface area contributed by atoms with Gasteiger partial charge < -0.3 is 0 Å². The van der Waals surface area contributed by atoms with Crippen molar-refractivity contribution < 1.29 is 4.92 Å². The van der Waals surface area contributed by atoms with Gasteiger partial charge in [0.2, 0.25) is 0 Å². The molecule has 0 amide bonds. The van der Waals surface area contributed by atoms with Crippen LogP contribution in [0.1, 0.15) is 0 Å². The molecule has 0 saturated heterocycles. The van der Waals surface area contributed by atoms with Crippen LogP contribution in [0.15, 0.2) is 23.4 Å². The molecule has 0 aromatic carbocycles. The molecule has 0 atom stereocenters. The molecule has 0 spiro atoms. The van der Waals surface area contributed by atoms with E-state index in [2.05, 4.69) is 4.98 Å². The number of alkyl halides is 1. The van der Waals surface area contributed by atoms with Crippen LogP contribution in [-0.2, 0) is 0 Å². The van der Waals surface area contributed by atoms with Crippen molar-refractivity contribution in [2.75, 3.05) is 5.21 Å². The highest BCUT2D eigenvalue weighted by Gasteiger charge is 2.12. The number of rotatable bonds is 3. The monoisotopic (exact) mass is 204 g/mol. The number of pyridine rings is 1. The topological polar surface area (TPSA) is 56.0 Å². The average Bonchev–Trinajstić information content (AvgIpc) is 2.05. The summed E-state index contributed by atoms with van der Waals surface area (Å²) in [6, 6.07) is 1.57. The Morgan fingerprint density at radius 2 is 2.50 bits per heavy atom. The maximum absolute atomic E-state index is 10.4. The van der Waals surface area contributed by atoms with Crippen molar-refractivity contribution in [3.05, 3.63) is 28.6 Å². The lowest BCUT2D eigenvalue weighted by atomic mass is 10.4. The van der Waals surface area contributed by atoms with Crippen LogP contribution < -0.4 is 0 Å². The third-order valence-corrected chi connectivity index (χ3v) is 2.26. The molecule has 1 heterocycles. The lowest BCUT2D eigenvalue weighted by molar-refractivity contribution is -0.388. The van der Waals surface area contributed by atoms with Gasteiger partial charge in [-0.15, -0.1) is 23.4 Å². The Morgan fingerprint density at radius 1 is 1.75 bits per heavy atom. The summed E-state index contributed by atoms with van der Waals surface area (Å²) < 4.78 is 0. The maximum Gasteiger partial charge on any atom is 0.301 e. The van der Waals surface area contributed by atoms with Gasteiger partial charge in [-0.2, -0.15) is 0 Å².